The second-order valence-electron chi connectivity index (χ2n) is 7.02. The van der Waals surface area contributed by atoms with Gasteiger partial charge in [-0.3, -0.25) is 9.59 Å². The van der Waals surface area contributed by atoms with Crippen molar-refractivity contribution in [3.63, 3.8) is 0 Å². The summed E-state index contributed by atoms with van der Waals surface area (Å²) in [5, 5.41) is 0. The number of hydrogen-bond acceptors (Lipinski definition) is 4. The lowest BCUT2D eigenvalue weighted by Gasteiger charge is -2.25. The van der Waals surface area contributed by atoms with Gasteiger partial charge in [-0.15, -0.1) is 0 Å². The van der Waals surface area contributed by atoms with Crippen LogP contribution in [0.15, 0.2) is 24.3 Å². The summed E-state index contributed by atoms with van der Waals surface area (Å²) in [6.45, 7) is 9.38. The van der Waals surface area contributed by atoms with Crippen molar-refractivity contribution in [3.8, 4) is 0 Å². The zero-order valence-electron chi connectivity index (χ0n) is 16.8. The van der Waals surface area contributed by atoms with E-state index in [2.05, 4.69) is 24.3 Å². The molecule has 0 aromatic heterocycles. The van der Waals surface area contributed by atoms with Gasteiger partial charge in [0.25, 0.3) is 0 Å². The molecule has 1 aromatic rings. The largest absolute Gasteiger partial charge is 0.469 e. The van der Waals surface area contributed by atoms with Gasteiger partial charge in [0.05, 0.1) is 19.1 Å². The van der Waals surface area contributed by atoms with Crippen molar-refractivity contribution in [1.82, 2.24) is 4.90 Å². The molecule has 0 aliphatic carbocycles. The predicted molar refractivity (Wildman–Crippen MR) is 103 cm³/mol. The van der Waals surface area contributed by atoms with Gasteiger partial charge in [-0.2, -0.15) is 0 Å². The van der Waals surface area contributed by atoms with Crippen molar-refractivity contribution in [2.75, 3.05) is 26.8 Å². The molecule has 0 aliphatic rings. The van der Waals surface area contributed by atoms with E-state index in [0.717, 1.165) is 12.0 Å². The van der Waals surface area contributed by atoms with Crippen LogP contribution in [0.25, 0.3) is 0 Å². The van der Waals surface area contributed by atoms with Crippen LogP contribution in [0.2, 0.25) is 0 Å². The van der Waals surface area contributed by atoms with Crippen molar-refractivity contribution in [2.45, 2.75) is 53.1 Å². The van der Waals surface area contributed by atoms with E-state index in [9.17, 15) is 9.59 Å². The maximum atomic E-state index is 12.7. The molecule has 1 atom stereocenters. The molecule has 26 heavy (non-hydrogen) atoms. The lowest BCUT2D eigenvalue weighted by atomic mass is 10.1. The third kappa shape index (κ3) is 8.48. The molecular formula is C21H33NO4. The van der Waals surface area contributed by atoms with Crippen molar-refractivity contribution in [2.24, 2.45) is 5.92 Å². The zero-order valence-corrected chi connectivity index (χ0v) is 16.8. The molecule has 1 rings (SSSR count). The quantitative estimate of drug-likeness (QED) is 0.447. The van der Waals surface area contributed by atoms with Gasteiger partial charge in [-0.05, 0) is 39.2 Å². The van der Waals surface area contributed by atoms with Crippen molar-refractivity contribution in [3.05, 3.63) is 35.4 Å². The zero-order chi connectivity index (χ0) is 19.5. The van der Waals surface area contributed by atoms with Crippen LogP contribution in [0.1, 0.15) is 44.7 Å². The Labute approximate surface area is 157 Å². The summed E-state index contributed by atoms with van der Waals surface area (Å²) in [5.74, 6) is -0.569. The van der Waals surface area contributed by atoms with Crippen LogP contribution in [-0.2, 0) is 25.5 Å². The number of nitrogens with zero attached hydrogens (tertiary/aromatic N) is 1. The van der Waals surface area contributed by atoms with Gasteiger partial charge in [0.15, 0.2) is 0 Å². The summed E-state index contributed by atoms with van der Waals surface area (Å²) in [6, 6.07) is 8.22. The van der Waals surface area contributed by atoms with Crippen LogP contribution in [0.3, 0.4) is 0 Å². The Kier molecular flexibility index (Phi) is 9.96. The van der Waals surface area contributed by atoms with Gasteiger partial charge in [-0.25, -0.2) is 0 Å². The molecule has 0 bridgehead atoms. The Hall–Kier alpha value is -1.88. The molecule has 1 aromatic carbocycles. The molecule has 0 spiro atoms. The van der Waals surface area contributed by atoms with Gasteiger partial charge >= 0.3 is 5.97 Å². The summed E-state index contributed by atoms with van der Waals surface area (Å²) in [5.41, 5.74) is 2.35. The molecule has 0 fully saturated rings. The topological polar surface area (TPSA) is 55.8 Å². The van der Waals surface area contributed by atoms with E-state index < -0.39 is 0 Å². The second kappa shape index (κ2) is 11.7. The van der Waals surface area contributed by atoms with Crippen LogP contribution in [0.5, 0.6) is 0 Å². The predicted octanol–water partition coefficient (Wildman–Crippen LogP) is 3.38. The fourth-order valence-electron chi connectivity index (χ4n) is 2.66. The number of amides is 1. The molecular weight excluding hydrogens is 330 g/mol. The summed E-state index contributed by atoms with van der Waals surface area (Å²) in [6.07, 6.45) is 2.06. The Bertz CT molecular complexity index is 554. The van der Waals surface area contributed by atoms with E-state index in [1.54, 1.807) is 11.8 Å². The molecule has 5 heteroatoms. The van der Waals surface area contributed by atoms with Gasteiger partial charge in [0, 0.05) is 26.1 Å². The first-order chi connectivity index (χ1) is 12.3. The molecule has 0 saturated heterocycles. The second-order valence-corrected chi connectivity index (χ2v) is 7.02. The van der Waals surface area contributed by atoms with Crippen LogP contribution in [0, 0.1) is 12.8 Å². The van der Waals surface area contributed by atoms with E-state index in [1.165, 1.54) is 12.7 Å². The highest BCUT2D eigenvalue weighted by Gasteiger charge is 2.21. The molecule has 0 radical (unpaired) electrons. The molecule has 0 heterocycles. The standard InChI is InChI=1S/C21H33NO4/c1-16(2)26-14-6-13-22(15-18(4)21(24)25-5)20(23)12-11-19-9-7-17(3)8-10-19/h7-10,16,18H,6,11-15H2,1-5H3. The number of aryl methyl sites for hydroxylation is 2. The molecule has 0 saturated carbocycles. The average molecular weight is 363 g/mol. The maximum Gasteiger partial charge on any atom is 0.310 e. The smallest absolute Gasteiger partial charge is 0.310 e. The minimum Gasteiger partial charge on any atom is -0.469 e. The maximum absolute atomic E-state index is 12.7. The van der Waals surface area contributed by atoms with Gasteiger partial charge in [-0.1, -0.05) is 36.8 Å². The molecule has 0 N–H and O–H groups in total. The Balaban J connectivity index is 2.60. The van der Waals surface area contributed by atoms with E-state index in [1.807, 2.05) is 20.8 Å². The average Bonchev–Trinajstić information content (AvgIpc) is 2.62. The number of methoxy groups -OCH3 is 1. The number of benzene rings is 1. The van der Waals surface area contributed by atoms with E-state index in [0.29, 0.717) is 32.5 Å². The molecule has 5 nitrogen and oxygen atoms in total. The number of hydrogen-bond donors (Lipinski definition) is 0. The van der Waals surface area contributed by atoms with Crippen LogP contribution >= 0.6 is 0 Å². The SMILES string of the molecule is COC(=O)C(C)CN(CCCOC(C)C)C(=O)CCc1ccc(C)cc1. The third-order valence-corrected chi connectivity index (χ3v) is 4.22. The van der Waals surface area contributed by atoms with Gasteiger partial charge in [0.1, 0.15) is 0 Å². The number of ether oxygens (including phenoxy) is 2. The summed E-state index contributed by atoms with van der Waals surface area (Å²) in [7, 11) is 1.37. The fourth-order valence-corrected chi connectivity index (χ4v) is 2.66. The highest BCUT2D eigenvalue weighted by molar-refractivity contribution is 5.78. The van der Waals surface area contributed by atoms with Gasteiger partial charge < -0.3 is 14.4 Å². The van der Waals surface area contributed by atoms with Crippen LogP contribution < -0.4 is 0 Å². The highest BCUT2D eigenvalue weighted by Crippen LogP contribution is 2.10. The summed E-state index contributed by atoms with van der Waals surface area (Å²) < 4.78 is 10.3. The molecule has 1 unspecified atom stereocenters. The Morgan fingerprint density at radius 3 is 2.35 bits per heavy atom. The normalized spacial score (nSPS) is 12.1. The minimum atomic E-state index is -0.339. The Morgan fingerprint density at radius 1 is 1.12 bits per heavy atom. The number of carbonyl (C=O) groups excluding carboxylic acids is 2. The lowest BCUT2D eigenvalue weighted by molar-refractivity contribution is -0.146. The fraction of sp³-hybridized carbons (Fsp3) is 0.619. The lowest BCUT2D eigenvalue weighted by Crippen LogP contribution is -2.38. The first-order valence-electron chi connectivity index (χ1n) is 9.36. The molecule has 1 amide bonds. The van der Waals surface area contributed by atoms with Gasteiger partial charge in [0.2, 0.25) is 5.91 Å². The van der Waals surface area contributed by atoms with E-state index in [4.69, 9.17) is 9.47 Å². The number of carbonyl (C=O) groups is 2. The summed E-state index contributed by atoms with van der Waals surface area (Å²) in [4.78, 5) is 26.2. The van der Waals surface area contributed by atoms with E-state index >= 15 is 0 Å². The van der Waals surface area contributed by atoms with Crippen molar-refractivity contribution < 1.29 is 19.1 Å². The highest BCUT2D eigenvalue weighted by atomic mass is 16.5. The van der Waals surface area contributed by atoms with Crippen LogP contribution in [-0.4, -0.2) is 49.7 Å². The summed E-state index contributed by atoms with van der Waals surface area (Å²) >= 11 is 0. The Morgan fingerprint density at radius 2 is 1.77 bits per heavy atom. The number of esters is 1. The monoisotopic (exact) mass is 363 g/mol. The first-order valence-corrected chi connectivity index (χ1v) is 9.36. The minimum absolute atomic E-state index is 0.0610. The molecule has 146 valence electrons. The molecule has 0 aliphatic heterocycles. The number of rotatable bonds is 11. The van der Waals surface area contributed by atoms with Crippen molar-refractivity contribution >= 4 is 11.9 Å². The first kappa shape index (κ1) is 22.2. The third-order valence-electron chi connectivity index (χ3n) is 4.22. The van der Waals surface area contributed by atoms with E-state index in [-0.39, 0.29) is 23.9 Å². The van der Waals surface area contributed by atoms with Crippen LogP contribution in [0.4, 0.5) is 0 Å². The van der Waals surface area contributed by atoms with Crippen molar-refractivity contribution in [1.29, 1.82) is 0 Å².